The lowest BCUT2D eigenvalue weighted by Gasteiger charge is -2.43. The molecule has 4 fully saturated rings. The predicted molar refractivity (Wildman–Crippen MR) is 249 cm³/mol. The standard InChI is InChI=1S/C49H73ClN8O4/c1-48(2,3)62-47(61)54-49(22-29-57(30-23-49)42-11-7-8-24-52-45-41(42)18-25-53-45)43(59)17-14-38(37-12-15-40(50)16-13-37)21-26-55-31-33-56(34-32-55)35-36-19-27-58(28-20-36)46(60)44(51)39-9-5-4-6-10-39/h11-13,15-16,18,24-25,36,38-39,44,53H,4-10,14,17,19-23,26-35,51H2,1-3H3,(H,54,61)/b42-11+,52-24-/t38-,44+/m0/s1. The number of piperidine rings is 2. The molecule has 2 atom stereocenters. The van der Waals surface area contributed by atoms with Crippen LogP contribution >= 0.6 is 11.6 Å². The average Bonchev–Trinajstić information content (AvgIpc) is 3.71. The highest BCUT2D eigenvalue weighted by molar-refractivity contribution is 6.30. The van der Waals surface area contributed by atoms with E-state index in [1.807, 2.05) is 50.2 Å². The molecule has 0 bridgehead atoms. The number of hydrogen-bond donors (Lipinski definition) is 3. The third-order valence-corrected chi connectivity index (χ3v) is 14.5. The minimum atomic E-state index is -1.02. The van der Waals surface area contributed by atoms with E-state index in [1.54, 1.807) is 0 Å². The average molecular weight is 874 g/mol. The molecular formula is C49H73ClN8O4. The van der Waals surface area contributed by atoms with Crippen LogP contribution in [0.4, 0.5) is 10.6 Å². The molecule has 62 heavy (non-hydrogen) atoms. The van der Waals surface area contributed by atoms with Gasteiger partial charge in [-0.2, -0.15) is 0 Å². The molecule has 0 spiro atoms. The topological polar surface area (TPSA) is 140 Å². The zero-order chi connectivity index (χ0) is 43.7. The number of H-pyrrole nitrogens is 1. The van der Waals surface area contributed by atoms with Crippen molar-refractivity contribution in [2.45, 2.75) is 134 Å². The van der Waals surface area contributed by atoms with Gasteiger partial charge in [-0.05, 0) is 133 Å². The molecule has 1 aromatic heterocycles. The largest absolute Gasteiger partial charge is 0.444 e. The number of carbonyl (C=O) groups excluding carboxylic acids is 3. The number of aromatic nitrogens is 1. The molecule has 13 heteroatoms. The van der Waals surface area contributed by atoms with Gasteiger partial charge in [0.15, 0.2) is 5.78 Å². The van der Waals surface area contributed by atoms with Crippen molar-refractivity contribution in [2.24, 2.45) is 22.6 Å². The molecular weight excluding hydrogens is 800 g/mol. The third-order valence-electron chi connectivity index (χ3n) is 14.3. The molecule has 1 saturated carbocycles. The van der Waals surface area contributed by atoms with Gasteiger partial charge in [-0.1, -0.05) is 49.1 Å². The van der Waals surface area contributed by atoms with Gasteiger partial charge in [-0.25, -0.2) is 9.79 Å². The molecule has 5 aliphatic rings. The fourth-order valence-electron chi connectivity index (χ4n) is 10.5. The monoisotopic (exact) mass is 873 g/mol. The summed E-state index contributed by atoms with van der Waals surface area (Å²) in [4.78, 5) is 58.7. The number of benzene rings is 1. The Kier molecular flexibility index (Phi) is 15.9. The third kappa shape index (κ3) is 12.3. The molecule has 1 aromatic carbocycles. The number of ketones is 1. The summed E-state index contributed by atoms with van der Waals surface area (Å²) in [5, 5.41) is 3.82. The van der Waals surface area contributed by atoms with Crippen molar-refractivity contribution in [3.05, 3.63) is 58.8 Å². The number of piperazine rings is 1. The molecule has 4 N–H and O–H groups in total. The maximum Gasteiger partial charge on any atom is 0.408 e. The second-order valence-corrected chi connectivity index (χ2v) is 20.2. The van der Waals surface area contributed by atoms with Crippen LogP contribution in [0.15, 0.2) is 47.6 Å². The number of nitrogens with zero attached hydrogens (tertiary/aromatic N) is 5. The fourth-order valence-corrected chi connectivity index (χ4v) is 10.7. The number of nitrogens with one attached hydrogen (secondary N) is 2. The van der Waals surface area contributed by atoms with Crippen LogP contribution in [0.5, 0.6) is 0 Å². The summed E-state index contributed by atoms with van der Waals surface area (Å²) in [6.45, 7) is 14.6. The van der Waals surface area contributed by atoms with E-state index in [4.69, 9.17) is 22.1 Å². The van der Waals surface area contributed by atoms with Gasteiger partial charge in [-0.3, -0.25) is 9.59 Å². The van der Waals surface area contributed by atoms with E-state index in [0.717, 1.165) is 114 Å². The second-order valence-electron chi connectivity index (χ2n) is 19.7. The number of aliphatic imine (C=N–C) groups is 1. The molecule has 2 aromatic rings. The van der Waals surface area contributed by atoms with Crippen molar-refractivity contribution in [2.75, 3.05) is 65.4 Å². The van der Waals surface area contributed by atoms with E-state index >= 15 is 0 Å². The smallest absolute Gasteiger partial charge is 0.408 e. The van der Waals surface area contributed by atoms with Gasteiger partial charge < -0.3 is 40.4 Å². The summed E-state index contributed by atoms with van der Waals surface area (Å²) in [7, 11) is 0. The van der Waals surface area contributed by atoms with Crippen LogP contribution in [0.3, 0.4) is 0 Å². The number of Topliss-reactive ketones (excluding diaryl/α,β-unsaturated/α-hetero) is 1. The van der Waals surface area contributed by atoms with Crippen molar-refractivity contribution in [1.29, 1.82) is 0 Å². The Morgan fingerprint density at radius 3 is 2.29 bits per heavy atom. The van der Waals surface area contributed by atoms with Crippen LogP contribution in [0.2, 0.25) is 5.02 Å². The number of aromatic amines is 1. The van der Waals surface area contributed by atoms with Crippen LogP contribution in [0.25, 0.3) is 5.70 Å². The van der Waals surface area contributed by atoms with E-state index in [0.29, 0.717) is 55.6 Å². The van der Waals surface area contributed by atoms with Crippen LogP contribution < -0.4 is 11.1 Å². The van der Waals surface area contributed by atoms with E-state index < -0.39 is 17.2 Å². The first kappa shape index (κ1) is 46.3. The van der Waals surface area contributed by atoms with Crippen LogP contribution in [-0.2, 0) is 14.3 Å². The van der Waals surface area contributed by atoms with Gasteiger partial charge in [0.2, 0.25) is 5.91 Å². The molecule has 7 rings (SSSR count). The number of alkyl carbamates (subject to hydrolysis) is 1. The number of hydrogen-bond acceptors (Lipinski definition) is 9. The highest BCUT2D eigenvalue weighted by atomic mass is 35.5. The molecule has 0 unspecified atom stereocenters. The number of nitrogens with two attached hydrogens (primary N) is 1. The van der Waals surface area contributed by atoms with E-state index in [-0.39, 0.29) is 23.7 Å². The molecule has 12 nitrogen and oxygen atoms in total. The highest BCUT2D eigenvalue weighted by Crippen LogP contribution is 2.36. The Bertz CT molecular complexity index is 1840. The number of likely N-dealkylation sites (tertiary alicyclic amines) is 2. The number of fused-ring (bicyclic) bond motifs is 1. The van der Waals surface area contributed by atoms with E-state index in [1.165, 1.54) is 24.8 Å². The van der Waals surface area contributed by atoms with Gasteiger partial charge in [0.1, 0.15) is 17.0 Å². The lowest BCUT2D eigenvalue weighted by molar-refractivity contribution is -0.135. The molecule has 2 amide bonds. The van der Waals surface area contributed by atoms with E-state index in [9.17, 15) is 14.4 Å². The maximum absolute atomic E-state index is 14.6. The van der Waals surface area contributed by atoms with Gasteiger partial charge in [0, 0.05) is 94.0 Å². The molecule has 0 radical (unpaired) electrons. The van der Waals surface area contributed by atoms with Gasteiger partial charge >= 0.3 is 6.09 Å². The molecule has 1 aliphatic carbocycles. The van der Waals surface area contributed by atoms with Crippen LogP contribution in [-0.4, -0.2) is 131 Å². The summed E-state index contributed by atoms with van der Waals surface area (Å²) in [5.74, 6) is 2.23. The lowest BCUT2D eigenvalue weighted by Crippen LogP contribution is -2.60. The fraction of sp³-hybridized carbons (Fsp3) is 0.673. The molecule has 4 aliphatic heterocycles. The summed E-state index contributed by atoms with van der Waals surface area (Å²) in [6.07, 6.45) is 18.3. The summed E-state index contributed by atoms with van der Waals surface area (Å²) >= 11 is 6.35. The molecule has 340 valence electrons. The van der Waals surface area contributed by atoms with Crippen molar-refractivity contribution in [1.82, 2.24) is 29.9 Å². The first-order chi connectivity index (χ1) is 29.9. The van der Waals surface area contributed by atoms with Gasteiger partial charge in [0.25, 0.3) is 0 Å². The van der Waals surface area contributed by atoms with Gasteiger partial charge in [0.05, 0.1) is 6.04 Å². The molecule has 3 saturated heterocycles. The van der Waals surface area contributed by atoms with Gasteiger partial charge in [-0.15, -0.1) is 0 Å². The van der Waals surface area contributed by atoms with E-state index in [2.05, 4.69) is 54.3 Å². The Morgan fingerprint density at radius 2 is 1.60 bits per heavy atom. The van der Waals surface area contributed by atoms with Crippen LogP contribution in [0, 0.1) is 11.8 Å². The SMILES string of the molecule is CC(C)(C)OC(=O)NC1(C(=O)CC[C@@H](CCN2CCN(CC3CCN(C(=O)[C@H](N)C4CCCCC4)CC3)CC2)c2ccc(Cl)cc2)CCN(/C2=C/CC/C=N\c3[nH]ccc32)CC1. The van der Waals surface area contributed by atoms with Crippen molar-refractivity contribution >= 4 is 47.1 Å². The highest BCUT2D eigenvalue weighted by Gasteiger charge is 2.44. The second kappa shape index (κ2) is 21.3. The predicted octanol–water partition coefficient (Wildman–Crippen LogP) is 8.15. The van der Waals surface area contributed by atoms with Crippen molar-refractivity contribution < 1.29 is 19.1 Å². The zero-order valence-corrected chi connectivity index (χ0v) is 38.5. The Labute approximate surface area is 375 Å². The summed E-state index contributed by atoms with van der Waals surface area (Å²) in [6, 6.07) is 9.84. The number of halogens is 1. The number of allylic oxidation sites excluding steroid dienone is 1. The Morgan fingerprint density at radius 1 is 0.903 bits per heavy atom. The molecule has 5 heterocycles. The first-order valence-electron chi connectivity index (χ1n) is 23.8. The Hall–Kier alpha value is -3.71. The number of amides is 2. The number of rotatable bonds is 14. The minimum Gasteiger partial charge on any atom is -0.444 e. The maximum atomic E-state index is 14.6. The first-order valence-corrected chi connectivity index (χ1v) is 24.2. The van der Waals surface area contributed by atoms with Crippen molar-refractivity contribution in [3.8, 4) is 0 Å². The summed E-state index contributed by atoms with van der Waals surface area (Å²) < 4.78 is 5.74. The summed E-state index contributed by atoms with van der Waals surface area (Å²) in [5.41, 5.74) is 8.17. The number of ether oxygens (including phenoxy) is 1. The zero-order valence-electron chi connectivity index (χ0n) is 37.7. The number of carbonyl (C=O) groups is 3. The van der Waals surface area contributed by atoms with Crippen LogP contribution in [0.1, 0.15) is 128 Å². The van der Waals surface area contributed by atoms with Crippen molar-refractivity contribution in [3.63, 3.8) is 0 Å². The lowest BCUT2D eigenvalue weighted by atomic mass is 9.79. The Balaban J connectivity index is 0.923. The minimum absolute atomic E-state index is 0.0661. The normalized spacial score (nSPS) is 23.3. The quantitative estimate of drug-likeness (QED) is 0.173.